The fourth-order valence-corrected chi connectivity index (χ4v) is 1.72. The fourth-order valence-electron chi connectivity index (χ4n) is 1.72. The molecule has 0 aliphatic rings. The Balaban J connectivity index is 2.27. The van der Waals surface area contributed by atoms with Crippen molar-refractivity contribution in [3.63, 3.8) is 0 Å². The first-order chi connectivity index (χ1) is 8.78. The van der Waals surface area contributed by atoms with E-state index in [0.717, 1.165) is 16.7 Å². The number of hydrogen-bond donors (Lipinski definition) is 0. The van der Waals surface area contributed by atoms with E-state index in [0.29, 0.717) is 11.6 Å². The molecule has 0 spiro atoms. The summed E-state index contributed by atoms with van der Waals surface area (Å²) in [5, 5.41) is 17.0. The average Bonchev–Trinajstić information content (AvgIpc) is 2.81. The van der Waals surface area contributed by atoms with Crippen molar-refractivity contribution in [2.24, 2.45) is 0 Å². The van der Waals surface area contributed by atoms with Crippen LogP contribution in [0, 0.1) is 18.3 Å². The van der Waals surface area contributed by atoms with Crippen LogP contribution in [0.3, 0.4) is 0 Å². The van der Waals surface area contributed by atoms with Crippen LogP contribution in [0.5, 0.6) is 0 Å². The van der Waals surface area contributed by atoms with Crippen LogP contribution in [0.15, 0.2) is 30.3 Å². The van der Waals surface area contributed by atoms with E-state index in [2.05, 4.69) is 20.3 Å². The van der Waals surface area contributed by atoms with Crippen LogP contribution < -0.4 is 0 Å². The van der Waals surface area contributed by atoms with Gasteiger partial charge in [0.2, 0.25) is 0 Å². The topological polar surface area (TPSA) is 80.3 Å². The van der Waals surface area contributed by atoms with E-state index in [9.17, 15) is 0 Å². The van der Waals surface area contributed by atoms with Gasteiger partial charge < -0.3 is 0 Å². The Bertz CT molecular complexity index is 768. The summed E-state index contributed by atoms with van der Waals surface area (Å²) >= 11 is 0. The van der Waals surface area contributed by atoms with Crippen LogP contribution in [0.25, 0.3) is 17.0 Å². The fraction of sp³-hybridized carbons (Fsp3) is 0.0833. The van der Waals surface area contributed by atoms with Gasteiger partial charge in [0.05, 0.1) is 5.52 Å². The minimum Gasteiger partial charge on any atom is -0.216 e. The van der Waals surface area contributed by atoms with Gasteiger partial charge >= 0.3 is 0 Å². The minimum atomic E-state index is 0.317. The van der Waals surface area contributed by atoms with E-state index in [1.807, 2.05) is 37.3 Å². The first-order valence-corrected chi connectivity index (χ1v) is 5.34. The van der Waals surface area contributed by atoms with Crippen LogP contribution in [0.4, 0.5) is 0 Å². The highest BCUT2D eigenvalue weighted by Gasteiger charge is 2.09. The molecule has 6 heteroatoms. The molecule has 86 valence electrons. The van der Waals surface area contributed by atoms with Gasteiger partial charge in [-0.2, -0.15) is 9.94 Å². The van der Waals surface area contributed by atoms with E-state index in [1.165, 1.54) is 4.68 Å². The molecule has 0 saturated carbocycles. The van der Waals surface area contributed by atoms with Crippen LogP contribution in [-0.2, 0) is 0 Å². The van der Waals surface area contributed by atoms with Gasteiger partial charge in [-0.25, -0.2) is 9.97 Å². The predicted octanol–water partition coefficient (Wildman–Crippen LogP) is 1.39. The largest absolute Gasteiger partial charge is 0.254 e. The normalized spacial score (nSPS) is 10.4. The molecule has 0 fully saturated rings. The molecule has 0 atom stereocenters. The summed E-state index contributed by atoms with van der Waals surface area (Å²) in [7, 11) is 0. The van der Waals surface area contributed by atoms with Crippen LogP contribution in [0.1, 0.15) is 11.4 Å². The number of hydrogen-bond acceptors (Lipinski definition) is 5. The van der Waals surface area contributed by atoms with Gasteiger partial charge in [0.25, 0.3) is 5.95 Å². The predicted molar refractivity (Wildman–Crippen MR) is 63.9 cm³/mol. The number of nitrogens with zero attached hydrogens (tertiary/aromatic N) is 6. The van der Waals surface area contributed by atoms with Gasteiger partial charge in [0.15, 0.2) is 0 Å². The monoisotopic (exact) mass is 236 g/mol. The van der Waals surface area contributed by atoms with E-state index in [1.54, 1.807) is 6.07 Å². The lowest BCUT2D eigenvalue weighted by Gasteiger charge is -2.01. The number of aryl methyl sites for hydroxylation is 1. The highest BCUT2D eigenvalue weighted by molar-refractivity contribution is 5.75. The SMILES string of the molecule is Cc1cc(C#N)nc(-n2nnc3ccccc32)n1. The Hall–Kier alpha value is -2.81. The summed E-state index contributed by atoms with van der Waals surface area (Å²) in [6, 6.07) is 11.2. The van der Waals surface area contributed by atoms with Crippen molar-refractivity contribution in [3.8, 4) is 12.0 Å². The van der Waals surface area contributed by atoms with E-state index >= 15 is 0 Å². The smallest absolute Gasteiger partial charge is 0.216 e. The second-order valence-corrected chi connectivity index (χ2v) is 3.80. The van der Waals surface area contributed by atoms with Gasteiger partial charge in [-0.15, -0.1) is 5.10 Å². The van der Waals surface area contributed by atoms with Gasteiger partial charge in [0.1, 0.15) is 17.3 Å². The summed E-state index contributed by atoms with van der Waals surface area (Å²) in [5.41, 5.74) is 2.61. The molecule has 2 aromatic heterocycles. The maximum absolute atomic E-state index is 8.91. The minimum absolute atomic E-state index is 0.317. The summed E-state index contributed by atoms with van der Waals surface area (Å²) in [6.45, 7) is 1.81. The Morgan fingerprint density at radius 2 is 2.06 bits per heavy atom. The van der Waals surface area contributed by atoms with Crippen molar-refractivity contribution in [3.05, 3.63) is 41.7 Å². The molecule has 0 bridgehead atoms. The zero-order valence-electron chi connectivity index (χ0n) is 9.57. The van der Waals surface area contributed by atoms with Crippen molar-refractivity contribution in [1.29, 1.82) is 5.26 Å². The lowest BCUT2D eigenvalue weighted by molar-refractivity contribution is 0.767. The summed E-state index contributed by atoms with van der Waals surface area (Å²) in [5.74, 6) is 0.361. The quantitative estimate of drug-likeness (QED) is 0.637. The van der Waals surface area contributed by atoms with Gasteiger partial charge in [-0.1, -0.05) is 17.3 Å². The first kappa shape index (κ1) is 10.4. The molecule has 0 radical (unpaired) electrons. The first-order valence-electron chi connectivity index (χ1n) is 5.34. The molecule has 0 aliphatic carbocycles. The van der Waals surface area contributed by atoms with Crippen molar-refractivity contribution < 1.29 is 0 Å². The highest BCUT2D eigenvalue weighted by atomic mass is 15.5. The van der Waals surface area contributed by atoms with E-state index in [-0.39, 0.29) is 0 Å². The molecule has 3 aromatic rings. The highest BCUT2D eigenvalue weighted by Crippen LogP contribution is 2.13. The van der Waals surface area contributed by atoms with Crippen LogP contribution >= 0.6 is 0 Å². The van der Waals surface area contributed by atoms with Crippen LogP contribution in [-0.4, -0.2) is 25.0 Å². The number of fused-ring (bicyclic) bond motifs is 1. The molecule has 0 aliphatic heterocycles. The zero-order chi connectivity index (χ0) is 12.5. The standard InChI is InChI=1S/C12H8N6/c1-8-6-9(7-13)15-12(14-8)18-11-5-3-2-4-10(11)16-17-18/h2-6H,1H3. The van der Waals surface area contributed by atoms with Gasteiger partial charge in [0, 0.05) is 5.69 Å². The molecule has 3 rings (SSSR count). The van der Waals surface area contributed by atoms with E-state index in [4.69, 9.17) is 5.26 Å². The number of para-hydroxylation sites is 1. The van der Waals surface area contributed by atoms with Crippen molar-refractivity contribution in [1.82, 2.24) is 25.0 Å². The third-order valence-corrected chi connectivity index (χ3v) is 2.50. The second-order valence-electron chi connectivity index (χ2n) is 3.80. The molecule has 0 amide bonds. The Morgan fingerprint density at radius 3 is 2.89 bits per heavy atom. The molecule has 18 heavy (non-hydrogen) atoms. The Kier molecular flexibility index (Phi) is 2.24. The lowest BCUT2D eigenvalue weighted by atomic mass is 10.3. The second kappa shape index (κ2) is 3.89. The van der Waals surface area contributed by atoms with Crippen LogP contribution in [0.2, 0.25) is 0 Å². The Labute approximate surface area is 103 Å². The van der Waals surface area contributed by atoms with Crippen molar-refractivity contribution in [2.45, 2.75) is 6.92 Å². The Morgan fingerprint density at radius 1 is 1.22 bits per heavy atom. The summed E-state index contributed by atoms with van der Waals surface area (Å²) in [6.07, 6.45) is 0. The molecular formula is C12H8N6. The number of benzene rings is 1. The maximum Gasteiger partial charge on any atom is 0.254 e. The third-order valence-electron chi connectivity index (χ3n) is 2.50. The lowest BCUT2D eigenvalue weighted by Crippen LogP contribution is -2.05. The molecule has 0 unspecified atom stereocenters. The summed E-state index contributed by atoms with van der Waals surface area (Å²) < 4.78 is 1.53. The molecule has 0 saturated heterocycles. The van der Waals surface area contributed by atoms with Crippen molar-refractivity contribution >= 4 is 11.0 Å². The van der Waals surface area contributed by atoms with Crippen molar-refractivity contribution in [2.75, 3.05) is 0 Å². The number of aromatic nitrogens is 5. The van der Waals surface area contributed by atoms with Gasteiger partial charge in [-0.05, 0) is 25.1 Å². The number of rotatable bonds is 1. The zero-order valence-corrected chi connectivity index (χ0v) is 9.57. The molecule has 6 nitrogen and oxygen atoms in total. The third kappa shape index (κ3) is 1.58. The summed E-state index contributed by atoms with van der Waals surface area (Å²) in [4.78, 5) is 8.41. The molecular weight excluding hydrogens is 228 g/mol. The molecule has 0 N–H and O–H groups in total. The average molecular weight is 236 g/mol. The molecule has 1 aromatic carbocycles. The van der Waals surface area contributed by atoms with Gasteiger partial charge in [-0.3, -0.25) is 0 Å². The molecule has 2 heterocycles. The number of nitriles is 1. The van der Waals surface area contributed by atoms with E-state index < -0.39 is 0 Å². The maximum atomic E-state index is 8.91.